The Balaban J connectivity index is 1.34. The maximum absolute atomic E-state index is 12.6. The number of ether oxygens (including phenoxy) is 1. The summed E-state index contributed by atoms with van der Waals surface area (Å²) in [7, 11) is 1.64. The van der Waals surface area contributed by atoms with Crippen LogP contribution in [-0.4, -0.2) is 36.3 Å². The van der Waals surface area contributed by atoms with E-state index in [4.69, 9.17) is 27.9 Å². The van der Waals surface area contributed by atoms with Crippen LogP contribution in [-0.2, 0) is 4.79 Å². The van der Waals surface area contributed by atoms with E-state index in [-0.39, 0.29) is 11.8 Å². The average molecular weight is 457 g/mol. The molecule has 1 N–H and O–H groups in total. The van der Waals surface area contributed by atoms with Gasteiger partial charge in [-0.1, -0.05) is 23.2 Å². The molecule has 1 aliphatic heterocycles. The summed E-state index contributed by atoms with van der Waals surface area (Å²) in [5.41, 5.74) is 2.40. The molecule has 0 bridgehead atoms. The van der Waals surface area contributed by atoms with Gasteiger partial charge in [-0.15, -0.1) is 10.2 Å². The van der Waals surface area contributed by atoms with Crippen molar-refractivity contribution in [3.05, 3.63) is 64.6 Å². The predicted molar refractivity (Wildman–Crippen MR) is 124 cm³/mol. The lowest BCUT2D eigenvalue weighted by molar-refractivity contribution is -0.120. The SMILES string of the molecule is COc1ccc(-c2ccc(N3CCC(C(=O)Nc4cc(Cl)cc(Cl)c4)CC3)nn2)cc1. The number of rotatable bonds is 5. The number of nitrogens with zero attached hydrogens (tertiary/aromatic N) is 3. The lowest BCUT2D eigenvalue weighted by atomic mass is 9.96. The molecule has 1 saturated heterocycles. The molecule has 0 saturated carbocycles. The van der Waals surface area contributed by atoms with Crippen molar-refractivity contribution in [1.29, 1.82) is 0 Å². The maximum Gasteiger partial charge on any atom is 0.227 e. The van der Waals surface area contributed by atoms with E-state index < -0.39 is 0 Å². The zero-order chi connectivity index (χ0) is 21.8. The summed E-state index contributed by atoms with van der Waals surface area (Å²) in [5.74, 6) is 1.54. The molecule has 1 aromatic heterocycles. The number of anilines is 2. The second-order valence-electron chi connectivity index (χ2n) is 7.41. The third kappa shape index (κ3) is 5.27. The summed E-state index contributed by atoms with van der Waals surface area (Å²) >= 11 is 12.0. The number of amides is 1. The monoisotopic (exact) mass is 456 g/mol. The third-order valence-electron chi connectivity index (χ3n) is 5.36. The van der Waals surface area contributed by atoms with Gasteiger partial charge in [-0.25, -0.2) is 0 Å². The Morgan fingerprint density at radius 2 is 1.68 bits per heavy atom. The fourth-order valence-corrected chi connectivity index (χ4v) is 4.18. The second-order valence-corrected chi connectivity index (χ2v) is 8.29. The minimum atomic E-state index is -0.0689. The number of halogens is 2. The molecule has 4 rings (SSSR count). The van der Waals surface area contributed by atoms with Crippen LogP contribution in [0.2, 0.25) is 10.0 Å². The molecule has 0 atom stereocenters. The Morgan fingerprint density at radius 1 is 1.00 bits per heavy atom. The minimum absolute atomic E-state index is 0.0149. The Labute approximate surface area is 191 Å². The van der Waals surface area contributed by atoms with Crippen LogP contribution in [0.25, 0.3) is 11.3 Å². The van der Waals surface area contributed by atoms with Crippen molar-refractivity contribution in [3.63, 3.8) is 0 Å². The normalized spacial score (nSPS) is 14.4. The Hall–Kier alpha value is -2.83. The van der Waals surface area contributed by atoms with Crippen molar-refractivity contribution in [1.82, 2.24) is 10.2 Å². The van der Waals surface area contributed by atoms with E-state index in [0.29, 0.717) is 15.7 Å². The number of benzene rings is 2. The highest BCUT2D eigenvalue weighted by Crippen LogP contribution is 2.27. The number of carbonyl (C=O) groups excluding carboxylic acids is 1. The fraction of sp³-hybridized carbons (Fsp3) is 0.261. The lowest BCUT2D eigenvalue weighted by Gasteiger charge is -2.31. The predicted octanol–water partition coefficient (Wildman–Crippen LogP) is 5.31. The van der Waals surface area contributed by atoms with Gasteiger partial charge in [-0.2, -0.15) is 0 Å². The van der Waals surface area contributed by atoms with Crippen LogP contribution >= 0.6 is 23.2 Å². The molecule has 2 heterocycles. The van der Waals surface area contributed by atoms with Crippen LogP contribution in [0.15, 0.2) is 54.6 Å². The molecule has 1 fully saturated rings. The molecule has 3 aromatic rings. The number of aromatic nitrogens is 2. The minimum Gasteiger partial charge on any atom is -0.497 e. The summed E-state index contributed by atoms with van der Waals surface area (Å²) in [5, 5.41) is 12.7. The van der Waals surface area contributed by atoms with Gasteiger partial charge < -0.3 is 15.0 Å². The van der Waals surface area contributed by atoms with Crippen molar-refractivity contribution in [3.8, 4) is 17.0 Å². The number of nitrogens with one attached hydrogen (secondary N) is 1. The molecule has 8 heteroatoms. The molecule has 31 heavy (non-hydrogen) atoms. The molecule has 0 spiro atoms. The first kappa shape index (κ1) is 21.4. The van der Waals surface area contributed by atoms with Crippen LogP contribution in [0.4, 0.5) is 11.5 Å². The zero-order valence-electron chi connectivity index (χ0n) is 17.0. The highest BCUT2D eigenvalue weighted by molar-refractivity contribution is 6.35. The second kappa shape index (κ2) is 9.54. The van der Waals surface area contributed by atoms with Gasteiger partial charge in [0.05, 0.1) is 12.8 Å². The molecule has 1 aliphatic rings. The topological polar surface area (TPSA) is 67.3 Å². The van der Waals surface area contributed by atoms with Crippen LogP contribution in [0.5, 0.6) is 5.75 Å². The quantitative estimate of drug-likeness (QED) is 0.562. The van der Waals surface area contributed by atoms with Crippen molar-refractivity contribution >= 4 is 40.6 Å². The zero-order valence-corrected chi connectivity index (χ0v) is 18.5. The van der Waals surface area contributed by atoms with E-state index in [1.807, 2.05) is 36.4 Å². The summed E-state index contributed by atoms with van der Waals surface area (Å²) < 4.78 is 5.19. The largest absolute Gasteiger partial charge is 0.497 e. The smallest absolute Gasteiger partial charge is 0.227 e. The first-order chi connectivity index (χ1) is 15.0. The molecule has 0 unspecified atom stereocenters. The van der Waals surface area contributed by atoms with Gasteiger partial charge in [-0.3, -0.25) is 4.79 Å². The number of hydrogen-bond acceptors (Lipinski definition) is 5. The molecular formula is C23H22Cl2N4O2. The van der Waals surface area contributed by atoms with E-state index in [1.165, 1.54) is 0 Å². The van der Waals surface area contributed by atoms with Crippen LogP contribution in [0, 0.1) is 5.92 Å². The van der Waals surface area contributed by atoms with Crippen molar-refractivity contribution in [2.45, 2.75) is 12.8 Å². The third-order valence-corrected chi connectivity index (χ3v) is 5.79. The van der Waals surface area contributed by atoms with Crippen molar-refractivity contribution in [2.75, 3.05) is 30.4 Å². The van der Waals surface area contributed by atoms with Crippen molar-refractivity contribution in [2.24, 2.45) is 5.92 Å². The summed E-state index contributed by atoms with van der Waals surface area (Å²) in [6, 6.07) is 16.7. The van der Waals surface area contributed by atoms with E-state index in [0.717, 1.165) is 48.8 Å². The van der Waals surface area contributed by atoms with Crippen LogP contribution in [0.3, 0.4) is 0 Å². The van der Waals surface area contributed by atoms with Crippen molar-refractivity contribution < 1.29 is 9.53 Å². The van der Waals surface area contributed by atoms with E-state index >= 15 is 0 Å². The molecule has 6 nitrogen and oxygen atoms in total. The Morgan fingerprint density at radius 3 is 2.26 bits per heavy atom. The van der Waals surface area contributed by atoms with Gasteiger partial charge in [0, 0.05) is 40.3 Å². The number of piperidine rings is 1. The number of hydrogen-bond donors (Lipinski definition) is 1. The highest BCUT2D eigenvalue weighted by atomic mass is 35.5. The summed E-state index contributed by atoms with van der Waals surface area (Å²) in [4.78, 5) is 14.8. The molecule has 0 aliphatic carbocycles. The van der Waals surface area contributed by atoms with Gasteiger partial charge in [0.25, 0.3) is 0 Å². The number of carbonyl (C=O) groups is 1. The van der Waals surface area contributed by atoms with Crippen LogP contribution in [0.1, 0.15) is 12.8 Å². The van der Waals surface area contributed by atoms with Gasteiger partial charge in [0.1, 0.15) is 5.75 Å². The standard InChI is InChI=1S/C23H22Cl2N4O2/c1-31-20-4-2-15(3-5-20)21-6-7-22(28-27-21)29-10-8-16(9-11-29)23(30)26-19-13-17(24)12-18(25)14-19/h2-7,12-14,16H,8-11H2,1H3,(H,26,30). The maximum atomic E-state index is 12.6. The Bertz CT molecular complexity index is 1030. The molecule has 0 radical (unpaired) electrons. The van der Waals surface area contributed by atoms with Gasteiger partial charge in [-0.05, 0) is 67.4 Å². The van der Waals surface area contributed by atoms with E-state index in [2.05, 4.69) is 20.4 Å². The Kier molecular flexibility index (Phi) is 6.59. The number of methoxy groups -OCH3 is 1. The van der Waals surface area contributed by atoms with Gasteiger partial charge in [0.2, 0.25) is 5.91 Å². The molecular weight excluding hydrogens is 435 g/mol. The first-order valence-electron chi connectivity index (χ1n) is 10.0. The first-order valence-corrected chi connectivity index (χ1v) is 10.8. The van der Waals surface area contributed by atoms with Crippen LogP contribution < -0.4 is 15.0 Å². The highest BCUT2D eigenvalue weighted by Gasteiger charge is 2.26. The average Bonchev–Trinajstić information content (AvgIpc) is 2.79. The summed E-state index contributed by atoms with van der Waals surface area (Å²) in [6.45, 7) is 1.48. The molecule has 2 aromatic carbocycles. The molecule has 160 valence electrons. The van der Waals surface area contributed by atoms with E-state index in [9.17, 15) is 4.79 Å². The van der Waals surface area contributed by atoms with Gasteiger partial charge >= 0.3 is 0 Å². The van der Waals surface area contributed by atoms with Gasteiger partial charge in [0.15, 0.2) is 5.82 Å². The lowest BCUT2D eigenvalue weighted by Crippen LogP contribution is -2.38. The fourth-order valence-electron chi connectivity index (χ4n) is 3.65. The molecule has 1 amide bonds. The van der Waals surface area contributed by atoms with E-state index in [1.54, 1.807) is 25.3 Å². The summed E-state index contributed by atoms with van der Waals surface area (Å²) in [6.07, 6.45) is 1.48.